The molecule has 0 saturated carbocycles. The van der Waals surface area contributed by atoms with E-state index in [1.165, 1.54) is 18.3 Å². The summed E-state index contributed by atoms with van der Waals surface area (Å²) in [5, 5.41) is 0. The van der Waals surface area contributed by atoms with E-state index in [9.17, 15) is 0 Å². The molecule has 0 nitrogen and oxygen atoms in total. The summed E-state index contributed by atoms with van der Waals surface area (Å²) in [5.41, 5.74) is 2.76. The molecular weight excluding hydrogens is 355 g/mol. The average Bonchev–Trinajstić information content (AvgIpc) is 2.51. The zero-order valence-corrected chi connectivity index (χ0v) is 13.3. The van der Waals surface area contributed by atoms with Crippen molar-refractivity contribution in [3.63, 3.8) is 0 Å². The van der Waals surface area contributed by atoms with Crippen LogP contribution >= 0.6 is 0 Å². The third-order valence-corrected chi connectivity index (χ3v) is 5.80. The monoisotopic (exact) mass is 371 g/mol. The molecule has 3 aromatic carbocycles. The first-order valence-corrected chi connectivity index (χ1v) is 8.89. The molecular formula is C19H16I-. The molecule has 0 aliphatic carbocycles. The van der Waals surface area contributed by atoms with Gasteiger partial charge in [0.15, 0.2) is 0 Å². The Morgan fingerprint density at radius 1 is 0.500 bits per heavy atom. The minimum absolute atomic E-state index is 0.0446. The molecule has 1 heteroatoms. The van der Waals surface area contributed by atoms with Crippen LogP contribution in [0.15, 0.2) is 84.9 Å². The van der Waals surface area contributed by atoms with Crippen LogP contribution in [0, 0.1) is 7.14 Å². The second kappa shape index (κ2) is 6.71. The fraction of sp³-hybridized carbons (Fsp3) is 0.0526. The van der Waals surface area contributed by atoms with E-state index in [0.29, 0.717) is 0 Å². The summed E-state index contributed by atoms with van der Waals surface area (Å²) in [6.07, 6.45) is 1.02. The molecule has 3 aromatic rings. The van der Waals surface area contributed by atoms with Gasteiger partial charge in [-0.2, -0.15) is 0 Å². The predicted octanol–water partition coefficient (Wildman–Crippen LogP) is 1.41. The van der Waals surface area contributed by atoms with Crippen LogP contribution in [-0.4, -0.2) is 0 Å². The second-order valence-electron chi connectivity index (χ2n) is 4.68. The first-order valence-electron chi connectivity index (χ1n) is 6.73. The molecule has 0 aliphatic heterocycles. The fourth-order valence-electron chi connectivity index (χ4n) is 2.10. The zero-order valence-electron chi connectivity index (χ0n) is 11.2. The van der Waals surface area contributed by atoms with Crippen molar-refractivity contribution in [1.82, 2.24) is 0 Å². The fourth-order valence-corrected chi connectivity index (χ4v) is 4.31. The Hall–Kier alpha value is -1.61. The molecule has 0 N–H and O–H groups in total. The first-order chi connectivity index (χ1) is 9.90. The molecule has 0 atom stereocenters. The van der Waals surface area contributed by atoms with E-state index in [0.717, 1.165) is 6.42 Å². The third kappa shape index (κ3) is 3.70. The standard InChI is InChI=1S/C19H16I/c1-3-7-16(8-4-1)15-17-11-13-19(14-12-17)20-18-9-5-2-6-10-18/h1-14H,15H2/q-1. The van der Waals surface area contributed by atoms with Gasteiger partial charge in [-0.15, -0.1) is 0 Å². The Labute approximate surface area is 130 Å². The van der Waals surface area contributed by atoms with Gasteiger partial charge in [-0.05, 0) is 0 Å². The molecule has 0 radical (unpaired) electrons. The predicted molar refractivity (Wildman–Crippen MR) is 79.5 cm³/mol. The molecule has 0 amide bonds. The molecule has 0 aromatic heterocycles. The molecule has 0 aliphatic rings. The molecule has 20 heavy (non-hydrogen) atoms. The maximum absolute atomic E-state index is 2.29. The maximum atomic E-state index is 2.29. The van der Waals surface area contributed by atoms with Crippen molar-refractivity contribution in [1.29, 1.82) is 0 Å². The number of halogens is 1. The van der Waals surface area contributed by atoms with Gasteiger partial charge in [0.1, 0.15) is 0 Å². The van der Waals surface area contributed by atoms with Crippen LogP contribution in [0.2, 0.25) is 0 Å². The van der Waals surface area contributed by atoms with Gasteiger partial charge in [-0.25, -0.2) is 0 Å². The third-order valence-electron chi connectivity index (χ3n) is 3.12. The van der Waals surface area contributed by atoms with Crippen molar-refractivity contribution in [2.75, 3.05) is 0 Å². The van der Waals surface area contributed by atoms with Crippen LogP contribution in [0.25, 0.3) is 0 Å². The van der Waals surface area contributed by atoms with Gasteiger partial charge >= 0.3 is 131 Å². The molecule has 0 heterocycles. The second-order valence-corrected chi connectivity index (χ2v) is 7.71. The topological polar surface area (TPSA) is 0 Å². The molecule has 0 fully saturated rings. The zero-order chi connectivity index (χ0) is 13.6. The van der Waals surface area contributed by atoms with Gasteiger partial charge in [-0.1, -0.05) is 0 Å². The molecule has 0 unspecified atom stereocenters. The van der Waals surface area contributed by atoms with E-state index in [4.69, 9.17) is 0 Å². The number of hydrogen-bond acceptors (Lipinski definition) is 0. The summed E-state index contributed by atoms with van der Waals surface area (Å²) in [6, 6.07) is 30.5. The number of hydrogen-bond donors (Lipinski definition) is 0. The molecule has 100 valence electrons. The van der Waals surface area contributed by atoms with Crippen molar-refractivity contribution in [3.8, 4) is 0 Å². The van der Waals surface area contributed by atoms with Gasteiger partial charge in [0.2, 0.25) is 0 Å². The number of rotatable bonds is 4. The van der Waals surface area contributed by atoms with Gasteiger partial charge in [0, 0.05) is 0 Å². The normalized spacial score (nSPS) is 10.6. The summed E-state index contributed by atoms with van der Waals surface area (Å²) in [5.74, 6) is 0. The van der Waals surface area contributed by atoms with Crippen LogP contribution in [0.3, 0.4) is 0 Å². The summed E-state index contributed by atoms with van der Waals surface area (Å²) in [4.78, 5) is 0. The van der Waals surface area contributed by atoms with E-state index in [2.05, 4.69) is 84.9 Å². The Morgan fingerprint density at radius 3 is 1.65 bits per heavy atom. The van der Waals surface area contributed by atoms with E-state index in [1.54, 1.807) is 0 Å². The van der Waals surface area contributed by atoms with Gasteiger partial charge < -0.3 is 0 Å². The van der Waals surface area contributed by atoms with Crippen molar-refractivity contribution < 1.29 is 21.2 Å². The van der Waals surface area contributed by atoms with Crippen molar-refractivity contribution in [3.05, 3.63) is 103 Å². The first kappa shape index (κ1) is 13.4. The van der Waals surface area contributed by atoms with Crippen LogP contribution in [0.4, 0.5) is 0 Å². The van der Waals surface area contributed by atoms with Crippen LogP contribution in [0.5, 0.6) is 0 Å². The minimum atomic E-state index is -0.0446. The van der Waals surface area contributed by atoms with Crippen molar-refractivity contribution in [2.24, 2.45) is 0 Å². The molecule has 0 bridgehead atoms. The molecule has 3 rings (SSSR count). The van der Waals surface area contributed by atoms with Crippen LogP contribution < -0.4 is 21.2 Å². The van der Waals surface area contributed by atoms with Crippen LogP contribution in [-0.2, 0) is 6.42 Å². The van der Waals surface area contributed by atoms with E-state index < -0.39 is 0 Å². The van der Waals surface area contributed by atoms with E-state index in [1.807, 2.05) is 0 Å². The molecule has 0 spiro atoms. The van der Waals surface area contributed by atoms with Crippen molar-refractivity contribution >= 4 is 0 Å². The van der Waals surface area contributed by atoms with Crippen LogP contribution in [0.1, 0.15) is 11.1 Å². The summed E-state index contributed by atoms with van der Waals surface area (Å²) in [7, 11) is 0. The SMILES string of the molecule is c1ccc(Cc2ccc([I-]c3ccccc3)cc2)cc1. The Bertz CT molecular complexity index is 582. The number of benzene rings is 3. The van der Waals surface area contributed by atoms with E-state index >= 15 is 0 Å². The summed E-state index contributed by atoms with van der Waals surface area (Å²) < 4.78 is 2.95. The van der Waals surface area contributed by atoms with Gasteiger partial charge in [0.05, 0.1) is 0 Å². The van der Waals surface area contributed by atoms with Crippen molar-refractivity contribution in [2.45, 2.75) is 6.42 Å². The average molecular weight is 371 g/mol. The Kier molecular flexibility index (Phi) is 4.49. The Morgan fingerprint density at radius 2 is 1.00 bits per heavy atom. The van der Waals surface area contributed by atoms with Gasteiger partial charge in [-0.3, -0.25) is 0 Å². The summed E-state index contributed by atoms with van der Waals surface area (Å²) in [6.45, 7) is 0. The summed E-state index contributed by atoms with van der Waals surface area (Å²) >= 11 is -0.0446. The van der Waals surface area contributed by atoms with Gasteiger partial charge in [0.25, 0.3) is 0 Å². The molecule has 0 saturated heterocycles. The van der Waals surface area contributed by atoms with E-state index in [-0.39, 0.29) is 21.2 Å². The quantitative estimate of drug-likeness (QED) is 0.609. The Balaban J connectivity index is 1.69.